The summed E-state index contributed by atoms with van der Waals surface area (Å²) in [6, 6.07) is 15.5. The van der Waals surface area contributed by atoms with Crippen molar-refractivity contribution < 1.29 is 12.8 Å². The quantitative estimate of drug-likeness (QED) is 0.414. The van der Waals surface area contributed by atoms with Crippen LogP contribution in [0.3, 0.4) is 0 Å². The molecule has 176 valence electrons. The van der Waals surface area contributed by atoms with Gasteiger partial charge in [0.1, 0.15) is 17.2 Å². The normalized spacial score (nSPS) is 15.7. The first-order valence-electron chi connectivity index (χ1n) is 10.9. The van der Waals surface area contributed by atoms with Gasteiger partial charge in [-0.15, -0.1) is 0 Å². The molecule has 1 saturated heterocycles. The van der Waals surface area contributed by atoms with Crippen LogP contribution in [0.5, 0.6) is 0 Å². The molecule has 7 nitrogen and oxygen atoms in total. The van der Waals surface area contributed by atoms with Crippen molar-refractivity contribution >= 4 is 32.8 Å². The van der Waals surface area contributed by atoms with E-state index in [0.717, 1.165) is 34.8 Å². The third kappa shape index (κ3) is 4.32. The summed E-state index contributed by atoms with van der Waals surface area (Å²) in [5.41, 5.74) is 3.75. The Balaban J connectivity index is 1.36. The lowest BCUT2D eigenvalue weighted by molar-refractivity contribution is 0.177. The van der Waals surface area contributed by atoms with E-state index in [1.54, 1.807) is 6.20 Å². The van der Waals surface area contributed by atoms with Crippen LogP contribution in [0.15, 0.2) is 65.7 Å². The second-order valence-electron chi connectivity index (χ2n) is 8.30. The van der Waals surface area contributed by atoms with Gasteiger partial charge in [0.2, 0.25) is 10.0 Å². The Bertz CT molecular complexity index is 1450. The first-order valence-corrected chi connectivity index (χ1v) is 12.7. The van der Waals surface area contributed by atoms with Crippen LogP contribution in [0.25, 0.3) is 16.9 Å². The summed E-state index contributed by atoms with van der Waals surface area (Å²) >= 11 is 5.80. The number of rotatable bonds is 5. The van der Waals surface area contributed by atoms with Crippen LogP contribution in [0.4, 0.5) is 4.39 Å². The third-order valence-corrected chi connectivity index (χ3v) is 8.19. The Morgan fingerprint density at radius 1 is 1.03 bits per heavy atom. The molecule has 0 spiro atoms. The molecule has 0 atom stereocenters. The molecule has 10 heteroatoms. The molecule has 2 aromatic heterocycles. The number of aromatic nitrogens is 3. The largest absolute Gasteiger partial charge is 0.293 e. The lowest BCUT2D eigenvalue weighted by Crippen LogP contribution is -2.48. The molecule has 1 aliphatic rings. The number of sulfonamides is 1. The molecule has 34 heavy (non-hydrogen) atoms. The summed E-state index contributed by atoms with van der Waals surface area (Å²) in [7, 11) is -3.75. The van der Waals surface area contributed by atoms with E-state index in [1.807, 2.05) is 31.2 Å². The van der Waals surface area contributed by atoms with Crippen LogP contribution >= 0.6 is 11.6 Å². The molecule has 5 rings (SSSR count). The zero-order valence-electron chi connectivity index (χ0n) is 18.5. The van der Waals surface area contributed by atoms with Crippen molar-refractivity contribution in [2.24, 2.45) is 0 Å². The van der Waals surface area contributed by atoms with Crippen molar-refractivity contribution in [2.45, 2.75) is 18.4 Å². The van der Waals surface area contributed by atoms with E-state index in [4.69, 9.17) is 16.6 Å². The van der Waals surface area contributed by atoms with E-state index in [9.17, 15) is 12.8 Å². The molecular weight excluding hydrogens is 477 g/mol. The van der Waals surface area contributed by atoms with Crippen LogP contribution in [0.1, 0.15) is 11.4 Å². The highest BCUT2D eigenvalue weighted by Gasteiger charge is 2.29. The number of pyridine rings is 1. The Morgan fingerprint density at radius 2 is 1.76 bits per heavy atom. The minimum atomic E-state index is -3.75. The summed E-state index contributed by atoms with van der Waals surface area (Å²) in [5, 5.41) is -0.205. The molecule has 0 amide bonds. The first-order chi connectivity index (χ1) is 16.3. The van der Waals surface area contributed by atoms with Crippen LogP contribution in [-0.4, -0.2) is 58.3 Å². The summed E-state index contributed by atoms with van der Waals surface area (Å²) in [6.07, 6.45) is 1.75. The number of benzene rings is 2. The van der Waals surface area contributed by atoms with Crippen molar-refractivity contribution in [3.05, 3.63) is 83.0 Å². The number of imidazole rings is 1. The van der Waals surface area contributed by atoms with Crippen molar-refractivity contribution in [1.82, 2.24) is 23.7 Å². The van der Waals surface area contributed by atoms with Gasteiger partial charge >= 0.3 is 0 Å². The molecule has 0 N–H and O–H groups in total. The van der Waals surface area contributed by atoms with Gasteiger partial charge in [-0.1, -0.05) is 29.3 Å². The zero-order chi connectivity index (χ0) is 23.9. The highest BCUT2D eigenvalue weighted by molar-refractivity contribution is 7.89. The molecule has 1 fully saturated rings. The second-order valence-corrected chi connectivity index (χ2v) is 10.6. The SMILES string of the molecule is Cc1ccc(-n2c(CN3CCN(S(=O)(=O)c4ccc(F)c(Cl)c4)CC3)nc3cccnc32)cc1. The van der Waals surface area contributed by atoms with Crippen molar-refractivity contribution in [1.29, 1.82) is 0 Å². The average Bonchev–Trinajstić information content (AvgIpc) is 3.19. The van der Waals surface area contributed by atoms with E-state index < -0.39 is 15.8 Å². The standard InChI is InChI=1S/C24H23ClFN5O2S/c1-17-4-6-18(7-5-17)31-23(28-22-3-2-10-27-24(22)31)16-29-11-13-30(14-12-29)34(32,33)19-8-9-21(26)20(25)15-19/h2-10,15H,11-14,16H2,1H3. The maximum absolute atomic E-state index is 13.5. The van der Waals surface area contributed by atoms with Crippen molar-refractivity contribution in [3.8, 4) is 5.69 Å². The highest BCUT2D eigenvalue weighted by Crippen LogP contribution is 2.25. The number of piperazine rings is 1. The number of fused-ring (bicyclic) bond motifs is 1. The van der Waals surface area contributed by atoms with Gasteiger partial charge in [0.15, 0.2) is 5.65 Å². The van der Waals surface area contributed by atoms with Crippen molar-refractivity contribution in [2.75, 3.05) is 26.2 Å². The molecule has 1 aliphatic heterocycles. The van der Waals surface area contributed by atoms with Gasteiger partial charge in [-0.3, -0.25) is 9.47 Å². The van der Waals surface area contributed by atoms with Crippen molar-refractivity contribution in [3.63, 3.8) is 0 Å². The molecule has 0 saturated carbocycles. The minimum absolute atomic E-state index is 0.000381. The van der Waals surface area contributed by atoms with Gasteiger partial charge in [0, 0.05) is 38.1 Å². The number of hydrogen-bond acceptors (Lipinski definition) is 5. The predicted molar refractivity (Wildman–Crippen MR) is 129 cm³/mol. The molecule has 0 bridgehead atoms. The van der Waals surface area contributed by atoms with Crippen LogP contribution in [0, 0.1) is 12.7 Å². The Morgan fingerprint density at radius 3 is 2.47 bits per heavy atom. The number of aryl methyl sites for hydroxylation is 1. The van der Waals surface area contributed by atoms with Crippen LogP contribution < -0.4 is 0 Å². The van der Waals surface area contributed by atoms with Gasteiger partial charge in [-0.2, -0.15) is 4.31 Å². The first kappa shape index (κ1) is 22.9. The Labute approximate surface area is 202 Å². The summed E-state index contributed by atoms with van der Waals surface area (Å²) < 4.78 is 43.0. The fraction of sp³-hybridized carbons (Fsp3) is 0.250. The van der Waals surface area contributed by atoms with Gasteiger partial charge in [-0.05, 0) is 49.4 Å². The third-order valence-electron chi connectivity index (χ3n) is 6.00. The van der Waals surface area contributed by atoms with E-state index in [1.165, 1.54) is 15.9 Å². The predicted octanol–water partition coefficient (Wildman–Crippen LogP) is 4.03. The molecule has 3 heterocycles. The minimum Gasteiger partial charge on any atom is -0.293 e. The lowest BCUT2D eigenvalue weighted by atomic mass is 10.2. The second kappa shape index (κ2) is 9.07. The molecule has 0 aliphatic carbocycles. The summed E-state index contributed by atoms with van der Waals surface area (Å²) in [5.74, 6) is 0.204. The maximum atomic E-state index is 13.5. The summed E-state index contributed by atoms with van der Waals surface area (Å²) in [6.45, 7) is 4.32. The zero-order valence-corrected chi connectivity index (χ0v) is 20.1. The molecule has 0 radical (unpaired) electrons. The van der Waals surface area contributed by atoms with E-state index in [-0.39, 0.29) is 9.92 Å². The smallest absolute Gasteiger partial charge is 0.243 e. The molecule has 2 aromatic carbocycles. The van der Waals surface area contributed by atoms with E-state index in [0.29, 0.717) is 32.7 Å². The highest BCUT2D eigenvalue weighted by atomic mass is 35.5. The van der Waals surface area contributed by atoms with Gasteiger partial charge in [-0.25, -0.2) is 22.8 Å². The van der Waals surface area contributed by atoms with E-state index in [2.05, 4.69) is 26.6 Å². The van der Waals surface area contributed by atoms with Gasteiger partial charge < -0.3 is 0 Å². The summed E-state index contributed by atoms with van der Waals surface area (Å²) in [4.78, 5) is 11.5. The Kier molecular flexibility index (Phi) is 6.11. The fourth-order valence-corrected chi connectivity index (χ4v) is 5.84. The topological polar surface area (TPSA) is 71.3 Å². The monoisotopic (exact) mass is 499 g/mol. The molecule has 4 aromatic rings. The van der Waals surface area contributed by atoms with Crippen LogP contribution in [0.2, 0.25) is 5.02 Å². The van der Waals surface area contributed by atoms with Crippen LogP contribution in [-0.2, 0) is 16.6 Å². The number of halogens is 2. The average molecular weight is 500 g/mol. The lowest BCUT2D eigenvalue weighted by Gasteiger charge is -2.33. The van der Waals surface area contributed by atoms with E-state index >= 15 is 0 Å². The van der Waals surface area contributed by atoms with Gasteiger partial charge in [0.05, 0.1) is 16.5 Å². The molecule has 0 unspecified atom stereocenters. The Hall–Kier alpha value is -2.85. The fourth-order valence-electron chi connectivity index (χ4n) is 4.14. The molecular formula is C24H23ClFN5O2S. The number of nitrogens with zero attached hydrogens (tertiary/aromatic N) is 5. The maximum Gasteiger partial charge on any atom is 0.243 e. The van der Waals surface area contributed by atoms with Gasteiger partial charge in [0.25, 0.3) is 0 Å². The number of hydrogen-bond donors (Lipinski definition) is 0.